The van der Waals surface area contributed by atoms with Gasteiger partial charge in [-0.3, -0.25) is 9.69 Å². The quantitative estimate of drug-likeness (QED) is 0.703. The lowest BCUT2D eigenvalue weighted by atomic mass is 10.1. The molecule has 1 heterocycles. The van der Waals surface area contributed by atoms with Crippen LogP contribution in [0.4, 0.5) is 4.39 Å². The van der Waals surface area contributed by atoms with Crippen LogP contribution in [0.1, 0.15) is 16.5 Å². The largest absolute Gasteiger partial charge is 0.343 e. The Morgan fingerprint density at radius 2 is 1.88 bits per heavy atom. The molecule has 1 amide bonds. The lowest BCUT2D eigenvalue weighted by molar-refractivity contribution is -0.122. The van der Waals surface area contributed by atoms with Gasteiger partial charge in [0.2, 0.25) is 5.91 Å². The molecule has 0 aliphatic heterocycles. The Balaban J connectivity index is 2.13. The molecule has 0 saturated heterocycles. The molecule has 5 heteroatoms. The van der Waals surface area contributed by atoms with E-state index in [0.717, 1.165) is 10.4 Å². The van der Waals surface area contributed by atoms with Crippen molar-refractivity contribution in [3.63, 3.8) is 0 Å². The van der Waals surface area contributed by atoms with Crippen molar-refractivity contribution in [3.05, 3.63) is 83.3 Å². The topological polar surface area (TPSA) is 32.3 Å². The Labute approximate surface area is 146 Å². The van der Waals surface area contributed by atoms with Crippen molar-refractivity contribution in [1.29, 1.82) is 0 Å². The summed E-state index contributed by atoms with van der Waals surface area (Å²) in [5.41, 5.74) is 0.853. The Kier molecular flexibility index (Phi) is 6.90. The number of benzene rings is 1. The van der Waals surface area contributed by atoms with Gasteiger partial charge in [-0.2, -0.15) is 0 Å². The van der Waals surface area contributed by atoms with Crippen molar-refractivity contribution in [2.45, 2.75) is 6.04 Å². The summed E-state index contributed by atoms with van der Waals surface area (Å²) in [6.07, 6.45) is 3.51. The molecule has 1 aromatic carbocycles. The van der Waals surface area contributed by atoms with Gasteiger partial charge in [-0.1, -0.05) is 30.4 Å². The van der Waals surface area contributed by atoms with E-state index in [-0.39, 0.29) is 24.3 Å². The number of hydrogen-bond acceptors (Lipinski definition) is 3. The van der Waals surface area contributed by atoms with Crippen LogP contribution in [0.5, 0.6) is 0 Å². The number of carbonyl (C=O) groups excluding carboxylic acids is 1. The Bertz CT molecular complexity index is 657. The predicted molar refractivity (Wildman–Crippen MR) is 97.5 cm³/mol. The third kappa shape index (κ3) is 5.15. The van der Waals surface area contributed by atoms with Crippen molar-refractivity contribution in [2.24, 2.45) is 0 Å². The summed E-state index contributed by atoms with van der Waals surface area (Å²) in [7, 11) is 0. The van der Waals surface area contributed by atoms with Gasteiger partial charge in [0.25, 0.3) is 0 Å². The van der Waals surface area contributed by atoms with E-state index in [4.69, 9.17) is 0 Å². The normalized spacial score (nSPS) is 11.9. The van der Waals surface area contributed by atoms with Gasteiger partial charge in [-0.05, 0) is 29.1 Å². The van der Waals surface area contributed by atoms with Crippen molar-refractivity contribution in [3.8, 4) is 0 Å². The van der Waals surface area contributed by atoms with Gasteiger partial charge < -0.3 is 5.32 Å². The summed E-state index contributed by atoms with van der Waals surface area (Å²) in [6.45, 7) is 8.88. The third-order valence-electron chi connectivity index (χ3n) is 3.48. The molecule has 1 aromatic heterocycles. The lowest BCUT2D eigenvalue weighted by Gasteiger charge is -2.22. The average Bonchev–Trinajstić information content (AvgIpc) is 3.08. The Hall–Kier alpha value is -2.24. The van der Waals surface area contributed by atoms with Gasteiger partial charge in [0, 0.05) is 18.0 Å². The number of halogens is 1. The molecule has 2 aromatic rings. The van der Waals surface area contributed by atoms with Gasteiger partial charge in [-0.25, -0.2) is 4.39 Å². The maximum atomic E-state index is 13.2. The molecule has 126 valence electrons. The number of thiophene rings is 1. The standard InChI is InChI=1S/C19H21FN2OS/c1-3-11-22(12-4-2)14-18(23)21-19(17-6-5-13-24-17)15-7-9-16(20)10-8-15/h3-10,13,19H,1-2,11-12,14H2,(H,21,23). The van der Waals surface area contributed by atoms with Gasteiger partial charge in [0.15, 0.2) is 0 Å². The van der Waals surface area contributed by atoms with Crippen LogP contribution in [0.15, 0.2) is 67.1 Å². The van der Waals surface area contributed by atoms with E-state index < -0.39 is 0 Å². The summed E-state index contributed by atoms with van der Waals surface area (Å²) in [6, 6.07) is 9.83. The molecule has 2 rings (SSSR count). The first kappa shape index (κ1) is 18.1. The van der Waals surface area contributed by atoms with Crippen LogP contribution in [-0.4, -0.2) is 30.4 Å². The second-order valence-corrected chi connectivity index (χ2v) is 6.32. The highest BCUT2D eigenvalue weighted by molar-refractivity contribution is 7.10. The van der Waals surface area contributed by atoms with Gasteiger partial charge in [0.05, 0.1) is 12.6 Å². The minimum atomic E-state index is -0.293. The van der Waals surface area contributed by atoms with E-state index in [1.54, 1.807) is 35.6 Å². The molecule has 1 atom stereocenters. The molecule has 0 fully saturated rings. The minimum Gasteiger partial charge on any atom is -0.343 e. The van der Waals surface area contributed by atoms with Crippen LogP contribution in [0.25, 0.3) is 0 Å². The van der Waals surface area contributed by atoms with Crippen LogP contribution in [0.2, 0.25) is 0 Å². The fourth-order valence-corrected chi connectivity index (χ4v) is 3.21. The van der Waals surface area contributed by atoms with Crippen molar-refractivity contribution >= 4 is 17.2 Å². The second-order valence-electron chi connectivity index (χ2n) is 5.34. The Morgan fingerprint density at radius 1 is 1.21 bits per heavy atom. The number of nitrogens with one attached hydrogen (secondary N) is 1. The highest BCUT2D eigenvalue weighted by Crippen LogP contribution is 2.26. The van der Waals surface area contributed by atoms with E-state index in [0.29, 0.717) is 13.1 Å². The number of carbonyl (C=O) groups is 1. The smallest absolute Gasteiger partial charge is 0.234 e. The number of hydrogen-bond donors (Lipinski definition) is 1. The third-order valence-corrected chi connectivity index (χ3v) is 4.42. The van der Waals surface area contributed by atoms with E-state index in [2.05, 4.69) is 18.5 Å². The highest BCUT2D eigenvalue weighted by atomic mass is 32.1. The zero-order valence-electron chi connectivity index (χ0n) is 13.5. The van der Waals surface area contributed by atoms with Gasteiger partial charge >= 0.3 is 0 Å². The average molecular weight is 344 g/mol. The molecular weight excluding hydrogens is 323 g/mol. The molecular formula is C19H21FN2OS. The van der Waals surface area contributed by atoms with E-state index >= 15 is 0 Å². The molecule has 0 saturated carbocycles. The molecule has 3 nitrogen and oxygen atoms in total. The summed E-state index contributed by atoms with van der Waals surface area (Å²) in [4.78, 5) is 15.4. The molecule has 24 heavy (non-hydrogen) atoms. The molecule has 0 radical (unpaired) electrons. The second kappa shape index (κ2) is 9.15. The maximum absolute atomic E-state index is 13.2. The van der Waals surface area contributed by atoms with E-state index in [9.17, 15) is 9.18 Å². The van der Waals surface area contributed by atoms with Crippen LogP contribution in [0.3, 0.4) is 0 Å². The van der Waals surface area contributed by atoms with Gasteiger partial charge in [-0.15, -0.1) is 24.5 Å². The summed E-state index contributed by atoms with van der Waals surface area (Å²) < 4.78 is 13.2. The van der Waals surface area contributed by atoms with E-state index in [1.165, 1.54) is 12.1 Å². The molecule has 0 spiro atoms. The zero-order valence-corrected chi connectivity index (χ0v) is 14.3. The summed E-state index contributed by atoms with van der Waals surface area (Å²) in [5.74, 6) is -0.389. The van der Waals surface area contributed by atoms with Crippen LogP contribution < -0.4 is 5.32 Å². The number of rotatable bonds is 9. The first-order valence-electron chi connectivity index (χ1n) is 7.66. The molecule has 1 N–H and O–H groups in total. The predicted octanol–water partition coefficient (Wildman–Crippen LogP) is 3.77. The Morgan fingerprint density at radius 3 is 2.42 bits per heavy atom. The maximum Gasteiger partial charge on any atom is 0.234 e. The molecule has 1 unspecified atom stereocenters. The number of amides is 1. The molecule has 0 bridgehead atoms. The van der Waals surface area contributed by atoms with Crippen molar-refractivity contribution in [1.82, 2.24) is 10.2 Å². The minimum absolute atomic E-state index is 0.0959. The molecule has 0 aliphatic carbocycles. The van der Waals surface area contributed by atoms with Crippen molar-refractivity contribution < 1.29 is 9.18 Å². The van der Waals surface area contributed by atoms with Gasteiger partial charge in [0.1, 0.15) is 5.82 Å². The summed E-state index contributed by atoms with van der Waals surface area (Å²) >= 11 is 1.56. The van der Waals surface area contributed by atoms with Crippen molar-refractivity contribution in [2.75, 3.05) is 19.6 Å². The van der Waals surface area contributed by atoms with Crippen LogP contribution >= 0.6 is 11.3 Å². The SMILES string of the molecule is C=CCN(CC=C)CC(=O)NC(c1ccc(F)cc1)c1cccs1. The zero-order chi connectivity index (χ0) is 17.4. The lowest BCUT2D eigenvalue weighted by Crippen LogP contribution is -2.39. The van der Waals surface area contributed by atoms with E-state index in [1.807, 2.05) is 22.4 Å². The first-order valence-corrected chi connectivity index (χ1v) is 8.54. The monoisotopic (exact) mass is 344 g/mol. The number of nitrogens with zero attached hydrogens (tertiary/aromatic N) is 1. The van der Waals surface area contributed by atoms with Crippen LogP contribution in [-0.2, 0) is 4.79 Å². The first-order chi connectivity index (χ1) is 11.6. The van der Waals surface area contributed by atoms with Crippen LogP contribution in [0, 0.1) is 5.82 Å². The summed E-state index contributed by atoms with van der Waals surface area (Å²) in [5, 5.41) is 5.00. The molecule has 0 aliphatic rings. The fraction of sp³-hybridized carbons (Fsp3) is 0.211. The highest BCUT2D eigenvalue weighted by Gasteiger charge is 2.19. The fourth-order valence-electron chi connectivity index (χ4n) is 2.41.